The molecular formula is C16H21ClN2O4S. The number of ether oxygens (including phenoxy) is 1. The monoisotopic (exact) mass is 372 g/mol. The summed E-state index contributed by atoms with van der Waals surface area (Å²) in [6, 6.07) is 6.27. The summed E-state index contributed by atoms with van der Waals surface area (Å²) in [6.45, 7) is 1.10. The van der Waals surface area contributed by atoms with Gasteiger partial charge >= 0.3 is 6.03 Å². The topological polar surface area (TPSA) is 75.7 Å². The van der Waals surface area contributed by atoms with E-state index in [1.165, 1.54) is 0 Å². The molecule has 2 fully saturated rings. The molecule has 0 aromatic heterocycles. The number of carbonyl (C=O) groups is 1. The molecule has 0 bridgehead atoms. The van der Waals surface area contributed by atoms with Crippen LogP contribution in [0.5, 0.6) is 0 Å². The van der Waals surface area contributed by atoms with Gasteiger partial charge in [-0.25, -0.2) is 13.2 Å². The highest BCUT2D eigenvalue weighted by atomic mass is 35.5. The summed E-state index contributed by atoms with van der Waals surface area (Å²) in [4.78, 5) is 14.3. The van der Waals surface area contributed by atoms with Crippen molar-refractivity contribution in [3.8, 4) is 0 Å². The molecule has 3 rings (SSSR count). The molecule has 0 radical (unpaired) electrons. The van der Waals surface area contributed by atoms with Crippen LogP contribution in [0.25, 0.3) is 0 Å². The van der Waals surface area contributed by atoms with E-state index >= 15 is 0 Å². The summed E-state index contributed by atoms with van der Waals surface area (Å²) in [5.74, 6) is 0.146. The zero-order valence-corrected chi connectivity index (χ0v) is 14.9. The Kier molecular flexibility index (Phi) is 5.32. The van der Waals surface area contributed by atoms with Crippen molar-refractivity contribution >= 4 is 33.2 Å². The van der Waals surface area contributed by atoms with Crippen LogP contribution in [0.3, 0.4) is 0 Å². The van der Waals surface area contributed by atoms with Gasteiger partial charge in [0.15, 0.2) is 9.84 Å². The van der Waals surface area contributed by atoms with Gasteiger partial charge in [0.25, 0.3) is 0 Å². The number of amides is 2. The van der Waals surface area contributed by atoms with Crippen LogP contribution < -0.4 is 5.32 Å². The van der Waals surface area contributed by atoms with Crippen LogP contribution in [0.2, 0.25) is 5.02 Å². The van der Waals surface area contributed by atoms with E-state index < -0.39 is 9.84 Å². The molecule has 2 aliphatic heterocycles. The van der Waals surface area contributed by atoms with Gasteiger partial charge in [-0.1, -0.05) is 17.7 Å². The SMILES string of the molecule is O=C(Nc1cccc(Cl)c1)N(C[C@@H]1CCCO1)[C@H]1CCS(=O)(=O)C1. The van der Waals surface area contributed by atoms with Crippen LogP contribution in [0.15, 0.2) is 24.3 Å². The second-order valence-corrected chi connectivity index (χ2v) is 8.95. The van der Waals surface area contributed by atoms with E-state index in [1.54, 1.807) is 29.2 Å². The number of anilines is 1. The summed E-state index contributed by atoms with van der Waals surface area (Å²) < 4.78 is 29.2. The zero-order chi connectivity index (χ0) is 17.2. The van der Waals surface area contributed by atoms with Crippen molar-refractivity contribution in [1.82, 2.24) is 4.90 Å². The Hall–Kier alpha value is -1.31. The van der Waals surface area contributed by atoms with E-state index in [2.05, 4.69) is 5.32 Å². The second kappa shape index (κ2) is 7.29. The quantitative estimate of drug-likeness (QED) is 0.881. The van der Waals surface area contributed by atoms with E-state index in [0.29, 0.717) is 30.3 Å². The average Bonchev–Trinajstić information content (AvgIpc) is 3.14. The van der Waals surface area contributed by atoms with Crippen molar-refractivity contribution < 1.29 is 17.9 Å². The second-order valence-electron chi connectivity index (χ2n) is 6.28. The molecule has 6 nitrogen and oxygen atoms in total. The van der Waals surface area contributed by atoms with Crippen LogP contribution in [-0.4, -0.2) is 56.2 Å². The van der Waals surface area contributed by atoms with Gasteiger partial charge in [-0.2, -0.15) is 0 Å². The third kappa shape index (κ3) is 4.40. The van der Waals surface area contributed by atoms with Gasteiger partial charge in [-0.15, -0.1) is 0 Å². The van der Waals surface area contributed by atoms with E-state index in [1.807, 2.05) is 0 Å². The van der Waals surface area contributed by atoms with Crippen molar-refractivity contribution in [2.24, 2.45) is 0 Å². The van der Waals surface area contributed by atoms with Crippen LogP contribution in [0.1, 0.15) is 19.3 Å². The summed E-state index contributed by atoms with van der Waals surface area (Å²) in [5.41, 5.74) is 0.589. The van der Waals surface area contributed by atoms with E-state index in [4.69, 9.17) is 16.3 Å². The van der Waals surface area contributed by atoms with Gasteiger partial charge in [-0.05, 0) is 37.5 Å². The molecule has 2 heterocycles. The summed E-state index contributed by atoms with van der Waals surface area (Å²) in [5, 5.41) is 3.34. The van der Waals surface area contributed by atoms with E-state index in [-0.39, 0.29) is 29.7 Å². The standard InChI is InChI=1S/C16H21ClN2O4S/c17-12-3-1-4-13(9-12)18-16(20)19(10-15-5-2-7-23-15)14-6-8-24(21,22)11-14/h1,3-4,9,14-15H,2,5-8,10-11H2,(H,18,20)/t14-,15-/m0/s1. The first-order valence-corrected chi connectivity index (χ1v) is 10.3. The Morgan fingerprint density at radius 3 is 2.83 bits per heavy atom. The van der Waals surface area contributed by atoms with E-state index in [9.17, 15) is 13.2 Å². The molecule has 2 aliphatic rings. The van der Waals surface area contributed by atoms with Crippen LogP contribution in [-0.2, 0) is 14.6 Å². The Labute approximate surface area is 147 Å². The highest BCUT2D eigenvalue weighted by Gasteiger charge is 2.36. The lowest BCUT2D eigenvalue weighted by Gasteiger charge is -2.30. The van der Waals surface area contributed by atoms with Crippen molar-refractivity contribution in [1.29, 1.82) is 0 Å². The van der Waals surface area contributed by atoms with Crippen molar-refractivity contribution in [3.05, 3.63) is 29.3 Å². The molecule has 2 atom stereocenters. The minimum absolute atomic E-state index is 0.0166. The van der Waals surface area contributed by atoms with Crippen LogP contribution in [0.4, 0.5) is 10.5 Å². The lowest BCUT2D eigenvalue weighted by molar-refractivity contribution is 0.0751. The summed E-state index contributed by atoms with van der Waals surface area (Å²) in [7, 11) is -3.07. The number of urea groups is 1. The third-order valence-corrected chi connectivity index (χ3v) is 6.40. The average molecular weight is 373 g/mol. The van der Waals surface area contributed by atoms with Crippen LogP contribution in [0, 0.1) is 0 Å². The number of benzene rings is 1. The molecule has 0 unspecified atom stereocenters. The Bertz CT molecular complexity index is 704. The molecule has 8 heteroatoms. The summed E-state index contributed by atoms with van der Waals surface area (Å²) in [6.07, 6.45) is 2.30. The Morgan fingerprint density at radius 1 is 1.38 bits per heavy atom. The largest absolute Gasteiger partial charge is 0.376 e. The number of carbonyl (C=O) groups excluding carboxylic acids is 1. The van der Waals surface area contributed by atoms with Crippen molar-refractivity contribution in [3.63, 3.8) is 0 Å². The van der Waals surface area contributed by atoms with Gasteiger partial charge in [-0.3, -0.25) is 0 Å². The highest BCUT2D eigenvalue weighted by molar-refractivity contribution is 7.91. The molecule has 2 amide bonds. The number of nitrogens with zero attached hydrogens (tertiary/aromatic N) is 1. The smallest absolute Gasteiger partial charge is 0.322 e. The lowest BCUT2D eigenvalue weighted by Crippen LogP contribution is -2.47. The first kappa shape index (κ1) is 17.5. The van der Waals surface area contributed by atoms with Gasteiger partial charge in [0.05, 0.1) is 17.6 Å². The molecule has 0 aliphatic carbocycles. The zero-order valence-electron chi connectivity index (χ0n) is 13.3. The van der Waals surface area contributed by atoms with Gasteiger partial charge in [0, 0.05) is 29.9 Å². The molecule has 24 heavy (non-hydrogen) atoms. The Morgan fingerprint density at radius 2 is 2.21 bits per heavy atom. The normalized spacial score (nSPS) is 25.5. The minimum Gasteiger partial charge on any atom is -0.376 e. The predicted molar refractivity (Wildman–Crippen MR) is 93.2 cm³/mol. The lowest BCUT2D eigenvalue weighted by atomic mass is 10.2. The fourth-order valence-corrected chi connectivity index (χ4v) is 5.11. The van der Waals surface area contributed by atoms with E-state index in [0.717, 1.165) is 12.8 Å². The summed E-state index contributed by atoms with van der Waals surface area (Å²) >= 11 is 5.95. The molecular weight excluding hydrogens is 352 g/mol. The maximum absolute atomic E-state index is 12.7. The highest BCUT2D eigenvalue weighted by Crippen LogP contribution is 2.23. The molecule has 0 spiro atoms. The van der Waals surface area contributed by atoms with Crippen molar-refractivity contribution in [2.75, 3.05) is 30.0 Å². The number of halogens is 1. The number of hydrogen-bond donors (Lipinski definition) is 1. The number of nitrogens with one attached hydrogen (secondary N) is 1. The number of sulfone groups is 1. The molecule has 0 saturated carbocycles. The van der Waals surface area contributed by atoms with Gasteiger partial charge < -0.3 is 15.0 Å². The first-order valence-electron chi connectivity index (χ1n) is 8.08. The third-order valence-electron chi connectivity index (χ3n) is 4.41. The van der Waals surface area contributed by atoms with Gasteiger partial charge in [0.2, 0.25) is 0 Å². The van der Waals surface area contributed by atoms with Gasteiger partial charge in [0.1, 0.15) is 0 Å². The molecule has 1 aromatic rings. The van der Waals surface area contributed by atoms with Crippen molar-refractivity contribution in [2.45, 2.75) is 31.4 Å². The first-order chi connectivity index (χ1) is 11.4. The molecule has 2 saturated heterocycles. The molecule has 132 valence electrons. The maximum Gasteiger partial charge on any atom is 0.322 e. The fraction of sp³-hybridized carbons (Fsp3) is 0.562. The predicted octanol–water partition coefficient (Wildman–Crippen LogP) is 2.54. The maximum atomic E-state index is 12.7. The fourth-order valence-electron chi connectivity index (χ4n) is 3.19. The Balaban J connectivity index is 1.73. The molecule has 1 N–H and O–H groups in total. The minimum atomic E-state index is -3.07. The number of hydrogen-bond acceptors (Lipinski definition) is 4. The molecule has 1 aromatic carbocycles. The van der Waals surface area contributed by atoms with Crippen LogP contribution >= 0.6 is 11.6 Å². The number of rotatable bonds is 4.